The maximum atomic E-state index is 11.7. The Hall–Kier alpha value is -1.59. The molecule has 0 aliphatic rings. The largest absolute Gasteiger partial charge is 0.337 e. The second-order valence-electron chi connectivity index (χ2n) is 4.69. The molecule has 1 rings (SSSR count). The molecule has 0 saturated carbocycles. The fraction of sp³-hybridized carbons (Fsp3) is 0.500. The van der Waals surface area contributed by atoms with Crippen molar-refractivity contribution in [3.05, 3.63) is 29.8 Å². The minimum atomic E-state index is -0.189. The number of amides is 2. The predicted molar refractivity (Wildman–Crippen MR) is 79.2 cm³/mol. The van der Waals surface area contributed by atoms with Crippen LogP contribution in [-0.4, -0.2) is 37.6 Å². The van der Waals surface area contributed by atoms with Gasteiger partial charge in [-0.3, -0.25) is 0 Å². The highest BCUT2D eigenvalue weighted by Crippen LogP contribution is 2.15. The number of hydrogen-bond acceptors (Lipinski definition) is 3. The molecule has 1 unspecified atom stereocenters. The van der Waals surface area contributed by atoms with E-state index in [9.17, 15) is 4.79 Å². The van der Waals surface area contributed by atoms with Crippen LogP contribution in [0.1, 0.15) is 25.5 Å². The first kappa shape index (κ1) is 15.5. The lowest BCUT2D eigenvalue weighted by atomic mass is 10.1. The summed E-state index contributed by atoms with van der Waals surface area (Å²) in [5.41, 5.74) is 7.57. The smallest absolute Gasteiger partial charge is 0.319 e. The topological polar surface area (TPSA) is 70.4 Å². The molecule has 0 heterocycles. The Balaban J connectivity index is 2.42. The summed E-state index contributed by atoms with van der Waals surface area (Å²) in [5.74, 6) is 0. The quantitative estimate of drug-likeness (QED) is 0.733. The number of urea groups is 1. The van der Waals surface area contributed by atoms with E-state index < -0.39 is 0 Å². The van der Waals surface area contributed by atoms with Crippen LogP contribution < -0.4 is 16.4 Å². The lowest BCUT2D eigenvalue weighted by molar-refractivity contribution is 0.250. The molecule has 0 bridgehead atoms. The number of nitrogens with two attached hydrogens (primary N) is 1. The Bertz CT molecular complexity index is 406. The van der Waals surface area contributed by atoms with Gasteiger partial charge in [-0.05, 0) is 38.2 Å². The van der Waals surface area contributed by atoms with Crippen molar-refractivity contribution in [3.63, 3.8) is 0 Å². The maximum Gasteiger partial charge on any atom is 0.319 e. The van der Waals surface area contributed by atoms with Crippen LogP contribution >= 0.6 is 0 Å². The maximum absolute atomic E-state index is 11.7. The summed E-state index contributed by atoms with van der Waals surface area (Å²) in [6, 6.07) is 7.35. The first-order valence-electron chi connectivity index (χ1n) is 6.62. The lowest BCUT2D eigenvalue weighted by Crippen LogP contribution is -2.35. The molecule has 0 saturated heterocycles. The summed E-state index contributed by atoms with van der Waals surface area (Å²) < 4.78 is 0. The van der Waals surface area contributed by atoms with E-state index in [0.717, 1.165) is 24.3 Å². The summed E-state index contributed by atoms with van der Waals surface area (Å²) >= 11 is 0. The average Bonchev–Trinajstić information content (AvgIpc) is 2.38. The normalized spacial score (nSPS) is 12.3. The minimum Gasteiger partial charge on any atom is -0.337 e. The van der Waals surface area contributed by atoms with Gasteiger partial charge in [0.25, 0.3) is 0 Å². The zero-order chi connectivity index (χ0) is 14.3. The fourth-order valence-corrected chi connectivity index (χ4v) is 1.59. The van der Waals surface area contributed by atoms with Gasteiger partial charge in [-0.25, -0.2) is 4.79 Å². The second kappa shape index (κ2) is 7.76. The van der Waals surface area contributed by atoms with E-state index in [-0.39, 0.29) is 12.1 Å². The molecule has 0 spiro atoms. The van der Waals surface area contributed by atoms with E-state index in [1.807, 2.05) is 38.2 Å². The molecule has 0 aliphatic carbocycles. The lowest BCUT2D eigenvalue weighted by Gasteiger charge is -2.14. The summed E-state index contributed by atoms with van der Waals surface area (Å²) in [6.45, 7) is 6.44. The number of hydrogen-bond donors (Lipinski definition) is 3. The monoisotopic (exact) mass is 264 g/mol. The van der Waals surface area contributed by atoms with Crippen LogP contribution in [0.3, 0.4) is 0 Å². The van der Waals surface area contributed by atoms with Crippen molar-refractivity contribution in [2.45, 2.75) is 19.9 Å². The van der Waals surface area contributed by atoms with Crippen molar-refractivity contribution in [2.75, 3.05) is 32.0 Å². The Morgan fingerprint density at radius 3 is 2.84 bits per heavy atom. The zero-order valence-corrected chi connectivity index (χ0v) is 11.9. The third-order valence-electron chi connectivity index (χ3n) is 2.99. The SMILES string of the molecule is CCN(C)CCNC(=O)Nc1cccc(C(C)N)c1. The molecule has 0 aliphatic heterocycles. The highest BCUT2D eigenvalue weighted by Gasteiger charge is 2.04. The second-order valence-corrected chi connectivity index (χ2v) is 4.69. The van der Waals surface area contributed by atoms with Crippen LogP contribution in [0.5, 0.6) is 0 Å². The first-order valence-corrected chi connectivity index (χ1v) is 6.62. The Labute approximate surface area is 115 Å². The number of benzene rings is 1. The van der Waals surface area contributed by atoms with Crippen LogP contribution in [0.15, 0.2) is 24.3 Å². The number of likely N-dealkylation sites (N-methyl/N-ethyl adjacent to an activating group) is 1. The average molecular weight is 264 g/mol. The van der Waals surface area contributed by atoms with E-state index in [4.69, 9.17) is 5.73 Å². The third-order valence-corrected chi connectivity index (χ3v) is 2.99. The number of anilines is 1. The molecular weight excluding hydrogens is 240 g/mol. The number of rotatable bonds is 6. The minimum absolute atomic E-state index is 0.0389. The summed E-state index contributed by atoms with van der Waals surface area (Å²) in [7, 11) is 2.02. The van der Waals surface area contributed by atoms with Gasteiger partial charge in [0.1, 0.15) is 0 Å². The molecule has 5 heteroatoms. The molecule has 1 aromatic rings. The van der Waals surface area contributed by atoms with Gasteiger partial charge in [-0.2, -0.15) is 0 Å². The van der Waals surface area contributed by atoms with Crippen molar-refractivity contribution in [3.8, 4) is 0 Å². The van der Waals surface area contributed by atoms with Gasteiger partial charge in [0, 0.05) is 24.8 Å². The summed E-state index contributed by atoms with van der Waals surface area (Å²) in [4.78, 5) is 13.8. The van der Waals surface area contributed by atoms with Gasteiger partial charge in [0.2, 0.25) is 0 Å². The molecule has 19 heavy (non-hydrogen) atoms. The number of carbonyl (C=O) groups is 1. The number of nitrogens with one attached hydrogen (secondary N) is 2. The van der Waals surface area contributed by atoms with E-state index in [1.54, 1.807) is 0 Å². The van der Waals surface area contributed by atoms with Crippen LogP contribution in [0.2, 0.25) is 0 Å². The molecule has 4 N–H and O–H groups in total. The molecule has 0 fully saturated rings. The van der Waals surface area contributed by atoms with E-state index in [0.29, 0.717) is 6.54 Å². The van der Waals surface area contributed by atoms with Crippen LogP contribution in [0.25, 0.3) is 0 Å². The Morgan fingerprint density at radius 1 is 1.47 bits per heavy atom. The molecular formula is C14H24N4O. The Kier molecular flexibility index (Phi) is 6.32. The molecule has 5 nitrogen and oxygen atoms in total. The van der Waals surface area contributed by atoms with Crippen LogP contribution in [-0.2, 0) is 0 Å². The van der Waals surface area contributed by atoms with Gasteiger partial charge in [-0.15, -0.1) is 0 Å². The number of carbonyl (C=O) groups excluding carboxylic acids is 1. The predicted octanol–water partition coefficient (Wildman–Crippen LogP) is 1.78. The van der Waals surface area contributed by atoms with Gasteiger partial charge in [0.05, 0.1) is 0 Å². The standard InChI is InChI=1S/C14H24N4O/c1-4-18(3)9-8-16-14(19)17-13-7-5-6-12(10-13)11(2)15/h5-7,10-11H,4,8-9,15H2,1-3H3,(H2,16,17,19). The summed E-state index contributed by atoms with van der Waals surface area (Å²) in [5, 5.41) is 5.63. The fourth-order valence-electron chi connectivity index (χ4n) is 1.59. The Morgan fingerprint density at radius 2 is 2.21 bits per heavy atom. The third kappa shape index (κ3) is 5.72. The van der Waals surface area contributed by atoms with Gasteiger partial charge < -0.3 is 21.3 Å². The van der Waals surface area contributed by atoms with Crippen molar-refractivity contribution in [2.24, 2.45) is 5.73 Å². The van der Waals surface area contributed by atoms with Crippen LogP contribution in [0.4, 0.5) is 10.5 Å². The molecule has 0 aromatic heterocycles. The van der Waals surface area contributed by atoms with E-state index in [2.05, 4.69) is 22.5 Å². The van der Waals surface area contributed by atoms with Crippen molar-refractivity contribution < 1.29 is 4.79 Å². The molecule has 1 aromatic carbocycles. The highest BCUT2D eigenvalue weighted by atomic mass is 16.2. The van der Waals surface area contributed by atoms with Crippen molar-refractivity contribution >= 4 is 11.7 Å². The van der Waals surface area contributed by atoms with Crippen molar-refractivity contribution in [1.82, 2.24) is 10.2 Å². The van der Waals surface area contributed by atoms with Gasteiger partial charge >= 0.3 is 6.03 Å². The van der Waals surface area contributed by atoms with Crippen LogP contribution in [0, 0.1) is 0 Å². The van der Waals surface area contributed by atoms with E-state index >= 15 is 0 Å². The van der Waals surface area contributed by atoms with Gasteiger partial charge in [-0.1, -0.05) is 19.1 Å². The summed E-state index contributed by atoms with van der Waals surface area (Å²) in [6.07, 6.45) is 0. The van der Waals surface area contributed by atoms with Crippen molar-refractivity contribution in [1.29, 1.82) is 0 Å². The highest BCUT2D eigenvalue weighted by molar-refractivity contribution is 5.89. The van der Waals surface area contributed by atoms with Gasteiger partial charge in [0.15, 0.2) is 0 Å². The molecule has 0 radical (unpaired) electrons. The zero-order valence-electron chi connectivity index (χ0n) is 11.9. The molecule has 1 atom stereocenters. The molecule has 106 valence electrons. The molecule has 2 amide bonds. The number of nitrogens with zero attached hydrogens (tertiary/aromatic N) is 1. The van der Waals surface area contributed by atoms with E-state index in [1.165, 1.54) is 0 Å². The first-order chi connectivity index (χ1) is 9.02.